The zero-order valence-electron chi connectivity index (χ0n) is 15.1. The van der Waals surface area contributed by atoms with Crippen molar-refractivity contribution in [3.05, 3.63) is 51.2 Å². The number of guanidine groups is 1. The van der Waals surface area contributed by atoms with Gasteiger partial charge in [-0.05, 0) is 37.5 Å². The number of aliphatic imine (C=N–C) groups is 1. The third kappa shape index (κ3) is 6.54. The molecule has 1 aromatic carbocycles. The normalized spacial score (nSPS) is 12.4. The predicted octanol–water partition coefficient (Wildman–Crippen LogP) is 4.24. The van der Waals surface area contributed by atoms with E-state index in [1.54, 1.807) is 37.4 Å². The van der Waals surface area contributed by atoms with Crippen LogP contribution in [0.1, 0.15) is 40.9 Å². The lowest BCUT2D eigenvalue weighted by atomic mass is 10.1. The van der Waals surface area contributed by atoms with Gasteiger partial charge in [0.1, 0.15) is 5.82 Å². The van der Waals surface area contributed by atoms with Crippen molar-refractivity contribution < 1.29 is 4.39 Å². The fourth-order valence-corrected chi connectivity index (χ4v) is 3.14. The minimum atomic E-state index is -0.181. The lowest BCUT2D eigenvalue weighted by molar-refractivity contribution is 0.607. The monoisotopic (exact) mass is 476 g/mol. The summed E-state index contributed by atoms with van der Waals surface area (Å²) in [6, 6.07) is 5.28. The predicted molar refractivity (Wildman–Crippen MR) is 115 cm³/mol. The van der Waals surface area contributed by atoms with Crippen molar-refractivity contribution >= 4 is 41.3 Å². The first kappa shape index (κ1) is 21.8. The fraction of sp³-hybridized carbons (Fsp3) is 0.444. The molecule has 7 heteroatoms. The Balaban J connectivity index is 0.00000312. The Morgan fingerprint density at radius 2 is 2.16 bits per heavy atom. The molecule has 0 aliphatic carbocycles. The summed E-state index contributed by atoms with van der Waals surface area (Å²) in [4.78, 5) is 9.95. The highest BCUT2D eigenvalue weighted by Crippen LogP contribution is 2.16. The quantitative estimate of drug-likeness (QED) is 0.373. The Morgan fingerprint density at radius 1 is 1.40 bits per heavy atom. The summed E-state index contributed by atoms with van der Waals surface area (Å²) in [5.74, 6) is 0.523. The standard InChI is InChI=1S/C18H25FN4S.HI/c1-5-15-11-22-17(24-15)8-9-21-18(20-4)23-13(3)14-7-6-12(2)16(19)10-14;/h6-7,10-11,13H,5,8-9H2,1-4H3,(H2,20,21,23);1H. The first-order valence-corrected chi connectivity index (χ1v) is 9.02. The van der Waals surface area contributed by atoms with E-state index in [0.717, 1.165) is 30.0 Å². The van der Waals surface area contributed by atoms with Gasteiger partial charge in [-0.1, -0.05) is 19.1 Å². The van der Waals surface area contributed by atoms with Crippen LogP contribution in [0.2, 0.25) is 0 Å². The molecule has 0 aliphatic heterocycles. The molecule has 2 rings (SSSR count). The molecule has 0 saturated carbocycles. The molecule has 4 nitrogen and oxygen atoms in total. The molecule has 1 aromatic heterocycles. The number of benzene rings is 1. The van der Waals surface area contributed by atoms with E-state index in [0.29, 0.717) is 11.5 Å². The largest absolute Gasteiger partial charge is 0.356 e. The minimum Gasteiger partial charge on any atom is -0.356 e. The molecule has 1 heterocycles. The van der Waals surface area contributed by atoms with Crippen LogP contribution < -0.4 is 10.6 Å². The molecule has 2 aromatic rings. The van der Waals surface area contributed by atoms with Crippen LogP contribution in [-0.2, 0) is 12.8 Å². The van der Waals surface area contributed by atoms with Crippen molar-refractivity contribution in [1.29, 1.82) is 0 Å². The van der Waals surface area contributed by atoms with Gasteiger partial charge in [0.15, 0.2) is 5.96 Å². The maximum absolute atomic E-state index is 13.7. The summed E-state index contributed by atoms with van der Waals surface area (Å²) < 4.78 is 13.7. The first-order chi connectivity index (χ1) is 11.5. The summed E-state index contributed by atoms with van der Waals surface area (Å²) in [6.07, 6.45) is 3.83. The van der Waals surface area contributed by atoms with E-state index in [1.165, 1.54) is 4.88 Å². The molecule has 0 amide bonds. The second-order valence-corrected chi connectivity index (χ2v) is 6.90. The molecule has 1 atom stereocenters. The van der Waals surface area contributed by atoms with Gasteiger partial charge in [0.05, 0.1) is 11.0 Å². The molecule has 0 fully saturated rings. The zero-order chi connectivity index (χ0) is 17.5. The van der Waals surface area contributed by atoms with Gasteiger partial charge in [-0.15, -0.1) is 35.3 Å². The van der Waals surface area contributed by atoms with Gasteiger partial charge in [-0.3, -0.25) is 4.99 Å². The second-order valence-electron chi connectivity index (χ2n) is 5.70. The SMILES string of the molecule is CCc1cnc(CCNC(=NC)NC(C)c2ccc(C)c(F)c2)s1.I. The van der Waals surface area contributed by atoms with Crippen LogP contribution >= 0.6 is 35.3 Å². The van der Waals surface area contributed by atoms with E-state index in [9.17, 15) is 4.39 Å². The smallest absolute Gasteiger partial charge is 0.191 e. The van der Waals surface area contributed by atoms with E-state index in [1.807, 2.05) is 19.2 Å². The highest BCUT2D eigenvalue weighted by atomic mass is 127. The lowest BCUT2D eigenvalue weighted by Gasteiger charge is -2.18. The number of hydrogen-bond acceptors (Lipinski definition) is 3. The van der Waals surface area contributed by atoms with Gasteiger partial charge in [-0.25, -0.2) is 9.37 Å². The number of thiazole rings is 1. The number of halogens is 2. The molecule has 1 unspecified atom stereocenters. The molecule has 0 radical (unpaired) electrons. The molecule has 25 heavy (non-hydrogen) atoms. The molecule has 2 N–H and O–H groups in total. The topological polar surface area (TPSA) is 49.3 Å². The molecule has 0 spiro atoms. The third-order valence-corrected chi connectivity index (χ3v) is 5.06. The van der Waals surface area contributed by atoms with E-state index < -0.39 is 0 Å². The highest BCUT2D eigenvalue weighted by molar-refractivity contribution is 14.0. The van der Waals surface area contributed by atoms with E-state index in [2.05, 4.69) is 27.5 Å². The summed E-state index contributed by atoms with van der Waals surface area (Å²) >= 11 is 1.75. The van der Waals surface area contributed by atoms with E-state index in [-0.39, 0.29) is 35.8 Å². The Labute approximate surface area is 170 Å². The van der Waals surface area contributed by atoms with Crippen LogP contribution in [0.4, 0.5) is 4.39 Å². The lowest BCUT2D eigenvalue weighted by Crippen LogP contribution is -2.39. The van der Waals surface area contributed by atoms with Crippen LogP contribution in [0.15, 0.2) is 29.4 Å². The van der Waals surface area contributed by atoms with Crippen molar-refractivity contribution in [2.24, 2.45) is 4.99 Å². The fourth-order valence-electron chi connectivity index (χ4n) is 2.28. The molecule has 0 aliphatic rings. The summed E-state index contributed by atoms with van der Waals surface area (Å²) in [7, 11) is 1.73. The van der Waals surface area contributed by atoms with Gasteiger partial charge in [-0.2, -0.15) is 0 Å². The minimum absolute atomic E-state index is 0. The van der Waals surface area contributed by atoms with Gasteiger partial charge < -0.3 is 10.6 Å². The molecular formula is C18H26FIN4S. The Hall–Kier alpha value is -1.22. The van der Waals surface area contributed by atoms with Crippen LogP contribution in [0.25, 0.3) is 0 Å². The average Bonchev–Trinajstić information content (AvgIpc) is 3.04. The van der Waals surface area contributed by atoms with Crippen molar-refractivity contribution in [3.63, 3.8) is 0 Å². The van der Waals surface area contributed by atoms with E-state index >= 15 is 0 Å². The number of hydrogen-bond donors (Lipinski definition) is 2. The van der Waals surface area contributed by atoms with Gasteiger partial charge in [0, 0.05) is 31.1 Å². The molecule has 0 bridgehead atoms. The Kier molecular flexibility index (Phi) is 9.34. The van der Waals surface area contributed by atoms with Gasteiger partial charge >= 0.3 is 0 Å². The molecular weight excluding hydrogens is 450 g/mol. The van der Waals surface area contributed by atoms with Crippen LogP contribution in [-0.4, -0.2) is 24.5 Å². The first-order valence-electron chi connectivity index (χ1n) is 8.20. The maximum atomic E-state index is 13.7. The van der Waals surface area contributed by atoms with Crippen LogP contribution in [0, 0.1) is 12.7 Å². The number of rotatable bonds is 6. The number of aromatic nitrogens is 1. The van der Waals surface area contributed by atoms with Crippen LogP contribution in [0.3, 0.4) is 0 Å². The van der Waals surface area contributed by atoms with Gasteiger partial charge in [0.2, 0.25) is 0 Å². The second kappa shape index (κ2) is 10.7. The summed E-state index contributed by atoms with van der Waals surface area (Å²) in [5.41, 5.74) is 1.55. The van der Waals surface area contributed by atoms with Crippen molar-refractivity contribution in [2.75, 3.05) is 13.6 Å². The Morgan fingerprint density at radius 3 is 2.76 bits per heavy atom. The summed E-state index contributed by atoms with van der Waals surface area (Å²) in [5, 5.41) is 7.70. The van der Waals surface area contributed by atoms with Gasteiger partial charge in [0.25, 0.3) is 0 Å². The van der Waals surface area contributed by atoms with Crippen molar-refractivity contribution in [2.45, 2.75) is 39.7 Å². The number of nitrogens with one attached hydrogen (secondary N) is 2. The number of nitrogens with zero attached hydrogens (tertiary/aromatic N) is 2. The maximum Gasteiger partial charge on any atom is 0.191 e. The average molecular weight is 476 g/mol. The molecule has 0 saturated heterocycles. The van der Waals surface area contributed by atoms with Crippen molar-refractivity contribution in [1.82, 2.24) is 15.6 Å². The van der Waals surface area contributed by atoms with E-state index in [4.69, 9.17) is 0 Å². The Bertz CT molecular complexity index is 702. The summed E-state index contributed by atoms with van der Waals surface area (Å²) in [6.45, 7) is 6.65. The number of aryl methyl sites for hydroxylation is 2. The zero-order valence-corrected chi connectivity index (χ0v) is 18.2. The van der Waals surface area contributed by atoms with Crippen molar-refractivity contribution in [3.8, 4) is 0 Å². The highest BCUT2D eigenvalue weighted by Gasteiger charge is 2.10. The molecule has 138 valence electrons. The third-order valence-electron chi connectivity index (χ3n) is 3.85. The van der Waals surface area contributed by atoms with Crippen LogP contribution in [0.5, 0.6) is 0 Å².